The number of hydroxylamine groups is 2. The lowest BCUT2D eigenvalue weighted by Gasteiger charge is -2.20. The van der Waals surface area contributed by atoms with E-state index >= 15 is 0 Å². The third-order valence-corrected chi connectivity index (χ3v) is 2.51. The number of aliphatic hydroxyl groups excluding tert-OH is 3. The Hall–Kier alpha value is -1.47. The molecule has 0 aromatic heterocycles. The van der Waals surface area contributed by atoms with Gasteiger partial charge in [0, 0.05) is 11.1 Å². The minimum atomic E-state index is -1.18. The van der Waals surface area contributed by atoms with E-state index in [4.69, 9.17) is 15.1 Å². The van der Waals surface area contributed by atoms with Crippen LogP contribution in [0.3, 0.4) is 0 Å². The predicted octanol–water partition coefficient (Wildman–Crippen LogP) is -0.582. The molecule has 1 aliphatic rings. The molecule has 2 unspecified atom stereocenters. The van der Waals surface area contributed by atoms with Crippen molar-refractivity contribution in [2.45, 2.75) is 12.3 Å². The number of fused-ring (bicyclic) bond motifs is 1. The standard InChI is InChI=1S/C11H13NO5/c13-5-7(14)6-17-12-10(15)8-3-1-2-4-9(8)11(12)16/h1-4,7,10,13-15H,5-6H2. The van der Waals surface area contributed by atoms with E-state index < -0.39 is 24.8 Å². The molecular formula is C11H13NO5. The van der Waals surface area contributed by atoms with Crippen LogP contribution in [0.2, 0.25) is 0 Å². The number of rotatable bonds is 4. The molecule has 0 saturated carbocycles. The Balaban J connectivity index is 2.10. The third-order valence-electron chi connectivity index (χ3n) is 2.51. The summed E-state index contributed by atoms with van der Waals surface area (Å²) in [5.74, 6) is -0.460. The maximum absolute atomic E-state index is 11.8. The van der Waals surface area contributed by atoms with Gasteiger partial charge in [-0.05, 0) is 6.07 Å². The van der Waals surface area contributed by atoms with Gasteiger partial charge in [-0.3, -0.25) is 9.63 Å². The van der Waals surface area contributed by atoms with E-state index in [1.165, 1.54) is 0 Å². The number of carbonyl (C=O) groups excluding carboxylic acids is 1. The summed E-state index contributed by atoms with van der Waals surface area (Å²) in [5, 5.41) is 28.4. The first-order valence-electron chi connectivity index (χ1n) is 5.17. The fourth-order valence-corrected chi connectivity index (χ4v) is 1.62. The number of carbonyl (C=O) groups is 1. The zero-order valence-electron chi connectivity index (χ0n) is 8.98. The van der Waals surface area contributed by atoms with Crippen LogP contribution in [0.1, 0.15) is 22.1 Å². The molecule has 6 heteroatoms. The highest BCUT2D eigenvalue weighted by Crippen LogP contribution is 2.31. The number of hydrogen-bond acceptors (Lipinski definition) is 5. The average molecular weight is 239 g/mol. The molecule has 3 N–H and O–H groups in total. The molecule has 0 saturated heterocycles. The summed E-state index contributed by atoms with van der Waals surface area (Å²) in [6.07, 6.45) is -2.26. The van der Waals surface area contributed by atoms with Gasteiger partial charge in [-0.1, -0.05) is 18.2 Å². The summed E-state index contributed by atoms with van der Waals surface area (Å²) < 4.78 is 0. The van der Waals surface area contributed by atoms with Gasteiger partial charge in [0.25, 0.3) is 5.91 Å². The van der Waals surface area contributed by atoms with E-state index in [9.17, 15) is 9.90 Å². The van der Waals surface area contributed by atoms with Gasteiger partial charge in [0.2, 0.25) is 0 Å². The van der Waals surface area contributed by atoms with Crippen molar-refractivity contribution in [2.24, 2.45) is 0 Å². The van der Waals surface area contributed by atoms with Gasteiger partial charge in [-0.25, -0.2) is 0 Å². The summed E-state index contributed by atoms with van der Waals surface area (Å²) in [5.41, 5.74) is 0.842. The SMILES string of the molecule is O=C1c2ccccc2C(O)N1OCC(O)CO. The third kappa shape index (κ3) is 2.16. The lowest BCUT2D eigenvalue weighted by Crippen LogP contribution is -2.32. The van der Waals surface area contributed by atoms with Crippen molar-refractivity contribution in [2.75, 3.05) is 13.2 Å². The Bertz CT molecular complexity index is 422. The zero-order chi connectivity index (χ0) is 12.4. The fraction of sp³-hybridized carbons (Fsp3) is 0.364. The van der Waals surface area contributed by atoms with Crippen molar-refractivity contribution in [1.82, 2.24) is 5.06 Å². The fourth-order valence-electron chi connectivity index (χ4n) is 1.62. The zero-order valence-corrected chi connectivity index (χ0v) is 8.98. The molecule has 92 valence electrons. The summed E-state index contributed by atoms with van der Waals surface area (Å²) in [6, 6.07) is 6.62. The first kappa shape index (κ1) is 12.0. The van der Waals surface area contributed by atoms with Crippen molar-refractivity contribution in [1.29, 1.82) is 0 Å². The summed E-state index contributed by atoms with van der Waals surface area (Å²) in [7, 11) is 0. The molecule has 0 spiro atoms. The van der Waals surface area contributed by atoms with E-state index in [0.29, 0.717) is 11.1 Å². The van der Waals surface area contributed by atoms with Crippen LogP contribution in [0.25, 0.3) is 0 Å². The van der Waals surface area contributed by atoms with Crippen LogP contribution >= 0.6 is 0 Å². The molecular weight excluding hydrogens is 226 g/mol. The van der Waals surface area contributed by atoms with Crippen LogP contribution in [-0.4, -0.2) is 45.6 Å². The Labute approximate surface area is 97.6 Å². The monoisotopic (exact) mass is 239 g/mol. The van der Waals surface area contributed by atoms with Crippen molar-refractivity contribution < 1.29 is 25.0 Å². The topological polar surface area (TPSA) is 90.2 Å². The molecule has 6 nitrogen and oxygen atoms in total. The number of hydrogen-bond donors (Lipinski definition) is 3. The lowest BCUT2D eigenvalue weighted by molar-refractivity contribution is -0.213. The molecule has 1 aromatic rings. The summed E-state index contributed by atoms with van der Waals surface area (Å²) in [6.45, 7) is -0.724. The van der Waals surface area contributed by atoms with Gasteiger partial charge < -0.3 is 15.3 Å². The molecule has 17 heavy (non-hydrogen) atoms. The summed E-state index contributed by atoms with van der Waals surface area (Å²) in [4.78, 5) is 16.8. The average Bonchev–Trinajstić information content (AvgIpc) is 2.60. The Morgan fingerprint density at radius 3 is 2.76 bits per heavy atom. The van der Waals surface area contributed by atoms with Crippen molar-refractivity contribution in [3.63, 3.8) is 0 Å². The van der Waals surface area contributed by atoms with Crippen molar-refractivity contribution in [3.05, 3.63) is 35.4 Å². The predicted molar refractivity (Wildman–Crippen MR) is 56.6 cm³/mol. The van der Waals surface area contributed by atoms with Crippen LogP contribution in [0.15, 0.2) is 24.3 Å². The number of benzene rings is 1. The Kier molecular flexibility index (Phi) is 3.39. The van der Waals surface area contributed by atoms with Crippen molar-refractivity contribution in [3.8, 4) is 0 Å². The van der Waals surface area contributed by atoms with Gasteiger partial charge in [-0.2, -0.15) is 5.06 Å². The van der Waals surface area contributed by atoms with Gasteiger partial charge in [0.1, 0.15) is 12.7 Å². The maximum atomic E-state index is 11.8. The van der Waals surface area contributed by atoms with E-state index in [0.717, 1.165) is 5.06 Å². The van der Waals surface area contributed by atoms with E-state index in [2.05, 4.69) is 0 Å². The molecule has 1 heterocycles. The smallest absolute Gasteiger partial charge is 0.280 e. The first-order valence-corrected chi connectivity index (χ1v) is 5.17. The van der Waals surface area contributed by atoms with E-state index in [-0.39, 0.29) is 6.61 Å². The number of aliphatic hydroxyl groups is 3. The highest BCUT2D eigenvalue weighted by Gasteiger charge is 2.36. The molecule has 1 aromatic carbocycles. The van der Waals surface area contributed by atoms with Crippen LogP contribution in [-0.2, 0) is 4.84 Å². The second kappa shape index (κ2) is 4.80. The number of nitrogens with zero attached hydrogens (tertiary/aromatic N) is 1. The molecule has 0 aliphatic carbocycles. The summed E-state index contributed by atoms with van der Waals surface area (Å²) >= 11 is 0. The van der Waals surface area contributed by atoms with Crippen LogP contribution in [0.4, 0.5) is 0 Å². The lowest BCUT2D eigenvalue weighted by atomic mass is 10.1. The molecule has 2 atom stereocenters. The van der Waals surface area contributed by atoms with Gasteiger partial charge in [0.15, 0.2) is 6.23 Å². The molecule has 1 amide bonds. The minimum Gasteiger partial charge on any atom is -0.394 e. The van der Waals surface area contributed by atoms with Gasteiger partial charge in [0.05, 0.1) is 6.61 Å². The maximum Gasteiger partial charge on any atom is 0.280 e. The van der Waals surface area contributed by atoms with Crippen LogP contribution < -0.4 is 0 Å². The van der Waals surface area contributed by atoms with Crippen LogP contribution in [0.5, 0.6) is 0 Å². The van der Waals surface area contributed by atoms with Gasteiger partial charge >= 0.3 is 0 Å². The van der Waals surface area contributed by atoms with Gasteiger partial charge in [-0.15, -0.1) is 0 Å². The van der Waals surface area contributed by atoms with Crippen LogP contribution in [0, 0.1) is 0 Å². The molecule has 0 radical (unpaired) electrons. The first-order chi connectivity index (χ1) is 8.15. The van der Waals surface area contributed by atoms with E-state index in [1.54, 1.807) is 24.3 Å². The normalized spacial score (nSPS) is 20.5. The second-order valence-corrected chi connectivity index (χ2v) is 3.72. The highest BCUT2D eigenvalue weighted by molar-refractivity contribution is 5.98. The highest BCUT2D eigenvalue weighted by atomic mass is 16.7. The quantitative estimate of drug-likeness (QED) is 0.654. The molecule has 2 rings (SSSR count). The molecule has 1 aliphatic heterocycles. The second-order valence-electron chi connectivity index (χ2n) is 3.72. The Morgan fingerprint density at radius 1 is 1.41 bits per heavy atom. The largest absolute Gasteiger partial charge is 0.394 e. The minimum absolute atomic E-state index is 0.257. The Morgan fingerprint density at radius 2 is 2.12 bits per heavy atom. The van der Waals surface area contributed by atoms with E-state index in [1.807, 2.05) is 0 Å². The number of amides is 1. The van der Waals surface area contributed by atoms with Crippen molar-refractivity contribution >= 4 is 5.91 Å². The molecule has 0 bridgehead atoms. The molecule has 0 fully saturated rings.